The molecule has 0 saturated heterocycles. The molecule has 0 aromatic carbocycles. The molecule has 0 spiro atoms. The summed E-state index contributed by atoms with van der Waals surface area (Å²) < 4.78 is 35.7. The highest BCUT2D eigenvalue weighted by Crippen LogP contribution is 2.29. The van der Waals surface area contributed by atoms with Crippen LogP contribution in [-0.2, 0) is 6.18 Å². The molecule has 0 aliphatic rings. The molecule has 0 amide bonds. The first-order chi connectivity index (χ1) is 5.00. The normalized spacial score (nSPS) is 11.6. The van der Waals surface area contributed by atoms with E-state index in [1.807, 2.05) is 0 Å². The van der Waals surface area contributed by atoms with Gasteiger partial charge in [-0.2, -0.15) is 13.2 Å². The first kappa shape index (κ1) is 8.39. The van der Waals surface area contributed by atoms with Crippen molar-refractivity contribution in [2.45, 2.75) is 11.1 Å². The smallest absolute Gasteiger partial charge is 0.263 e. The van der Waals surface area contributed by atoms with E-state index in [0.717, 1.165) is 12.3 Å². The molecule has 1 aromatic heterocycles. The first-order valence-corrected chi connectivity index (χ1v) is 3.16. The summed E-state index contributed by atoms with van der Waals surface area (Å²) in [5.41, 5.74) is -0.773. The van der Waals surface area contributed by atoms with Gasteiger partial charge in [-0.3, -0.25) is 4.98 Å². The minimum Gasteiger partial charge on any atom is -0.263 e. The number of alkyl halides is 3. The van der Waals surface area contributed by atoms with Gasteiger partial charge in [-0.25, -0.2) is 0 Å². The SMILES string of the molecule is FC(F)(F)c1cncc(S)c1. The lowest BCUT2D eigenvalue weighted by Gasteiger charge is -2.04. The lowest BCUT2D eigenvalue weighted by molar-refractivity contribution is -0.138. The molecule has 1 rings (SSSR count). The quantitative estimate of drug-likeness (QED) is 0.603. The summed E-state index contributed by atoms with van der Waals surface area (Å²) in [5.74, 6) is 0. The van der Waals surface area contributed by atoms with Gasteiger partial charge in [-0.1, -0.05) is 0 Å². The molecular weight excluding hydrogens is 175 g/mol. The zero-order valence-electron chi connectivity index (χ0n) is 5.26. The number of nitrogens with zero attached hydrogens (tertiary/aromatic N) is 1. The number of halogens is 3. The fourth-order valence-electron chi connectivity index (χ4n) is 0.583. The predicted molar refractivity (Wildman–Crippen MR) is 36.5 cm³/mol. The molecular formula is C6H4F3NS. The highest BCUT2D eigenvalue weighted by atomic mass is 32.1. The van der Waals surface area contributed by atoms with Crippen LogP contribution < -0.4 is 0 Å². The van der Waals surface area contributed by atoms with E-state index in [1.54, 1.807) is 0 Å². The van der Waals surface area contributed by atoms with Crippen molar-refractivity contribution in [3.63, 3.8) is 0 Å². The fourth-order valence-corrected chi connectivity index (χ4v) is 0.789. The molecule has 1 aromatic rings. The molecule has 0 atom stereocenters. The van der Waals surface area contributed by atoms with E-state index in [2.05, 4.69) is 17.6 Å². The standard InChI is InChI=1S/C6H4F3NS/c7-6(8,9)4-1-5(11)3-10-2-4/h1-3,11H. The van der Waals surface area contributed by atoms with Gasteiger partial charge in [-0.15, -0.1) is 12.6 Å². The van der Waals surface area contributed by atoms with Crippen molar-refractivity contribution in [3.05, 3.63) is 24.0 Å². The van der Waals surface area contributed by atoms with Crippen LogP contribution in [0.1, 0.15) is 5.56 Å². The highest BCUT2D eigenvalue weighted by molar-refractivity contribution is 7.80. The average molecular weight is 179 g/mol. The number of thiol groups is 1. The van der Waals surface area contributed by atoms with Crippen LogP contribution in [-0.4, -0.2) is 4.98 Å². The molecule has 0 fully saturated rings. The van der Waals surface area contributed by atoms with Crippen LogP contribution in [0.3, 0.4) is 0 Å². The Morgan fingerprint density at radius 1 is 1.27 bits per heavy atom. The number of aromatic nitrogens is 1. The van der Waals surface area contributed by atoms with E-state index in [0.29, 0.717) is 0 Å². The predicted octanol–water partition coefficient (Wildman–Crippen LogP) is 2.39. The van der Waals surface area contributed by atoms with Gasteiger partial charge in [0.05, 0.1) is 5.56 Å². The summed E-state index contributed by atoms with van der Waals surface area (Å²) in [6.07, 6.45) is -2.32. The van der Waals surface area contributed by atoms with Crippen LogP contribution >= 0.6 is 12.6 Å². The molecule has 0 saturated carbocycles. The summed E-state index contributed by atoms with van der Waals surface area (Å²) in [6, 6.07) is 0.927. The van der Waals surface area contributed by atoms with E-state index < -0.39 is 11.7 Å². The Labute approximate surface area is 66.7 Å². The molecule has 5 heteroatoms. The monoisotopic (exact) mass is 179 g/mol. The molecule has 11 heavy (non-hydrogen) atoms. The molecule has 1 heterocycles. The van der Waals surface area contributed by atoms with Crippen molar-refractivity contribution in [2.24, 2.45) is 0 Å². The first-order valence-electron chi connectivity index (χ1n) is 2.71. The highest BCUT2D eigenvalue weighted by Gasteiger charge is 2.30. The van der Waals surface area contributed by atoms with Crippen LogP contribution in [0, 0.1) is 0 Å². The van der Waals surface area contributed by atoms with E-state index in [-0.39, 0.29) is 4.90 Å². The van der Waals surface area contributed by atoms with Crippen molar-refractivity contribution in [2.75, 3.05) is 0 Å². The molecule has 0 aliphatic heterocycles. The van der Waals surface area contributed by atoms with Gasteiger partial charge >= 0.3 is 6.18 Å². The molecule has 0 radical (unpaired) electrons. The summed E-state index contributed by atoms with van der Waals surface area (Å²) in [6.45, 7) is 0. The molecule has 1 nitrogen and oxygen atoms in total. The van der Waals surface area contributed by atoms with Crippen LogP contribution in [0.4, 0.5) is 13.2 Å². The van der Waals surface area contributed by atoms with Crippen molar-refractivity contribution < 1.29 is 13.2 Å². The third-order valence-electron chi connectivity index (χ3n) is 1.05. The Hall–Kier alpha value is -0.710. The van der Waals surface area contributed by atoms with E-state index in [4.69, 9.17) is 0 Å². The Bertz CT molecular complexity index is 258. The van der Waals surface area contributed by atoms with Crippen LogP contribution in [0.5, 0.6) is 0 Å². The minimum atomic E-state index is -4.33. The second-order valence-corrected chi connectivity index (χ2v) is 2.45. The topological polar surface area (TPSA) is 12.9 Å². The third-order valence-corrected chi connectivity index (χ3v) is 1.30. The number of pyridine rings is 1. The van der Waals surface area contributed by atoms with Gasteiger partial charge in [0.1, 0.15) is 0 Å². The summed E-state index contributed by atoms with van der Waals surface area (Å²) in [5, 5.41) is 0. The minimum absolute atomic E-state index is 0.208. The van der Waals surface area contributed by atoms with Crippen LogP contribution in [0.15, 0.2) is 23.4 Å². The largest absolute Gasteiger partial charge is 0.417 e. The van der Waals surface area contributed by atoms with Crippen LogP contribution in [0.25, 0.3) is 0 Å². The van der Waals surface area contributed by atoms with E-state index in [9.17, 15) is 13.2 Å². The maximum atomic E-state index is 11.9. The zero-order chi connectivity index (χ0) is 8.48. The molecule has 0 unspecified atom stereocenters. The molecule has 60 valence electrons. The van der Waals surface area contributed by atoms with Crippen molar-refractivity contribution in [1.29, 1.82) is 0 Å². The zero-order valence-corrected chi connectivity index (χ0v) is 6.15. The second kappa shape index (κ2) is 2.73. The van der Waals surface area contributed by atoms with Gasteiger partial charge in [0, 0.05) is 17.3 Å². The van der Waals surface area contributed by atoms with Crippen molar-refractivity contribution in [1.82, 2.24) is 4.98 Å². The summed E-state index contributed by atoms with van der Waals surface area (Å²) in [4.78, 5) is 3.56. The summed E-state index contributed by atoms with van der Waals surface area (Å²) in [7, 11) is 0. The van der Waals surface area contributed by atoms with Crippen LogP contribution in [0.2, 0.25) is 0 Å². The van der Waals surface area contributed by atoms with E-state index in [1.165, 1.54) is 6.20 Å². The Balaban J connectivity index is 3.06. The maximum absolute atomic E-state index is 11.9. The average Bonchev–Trinajstić information content (AvgIpc) is 1.86. The maximum Gasteiger partial charge on any atom is 0.417 e. The van der Waals surface area contributed by atoms with Gasteiger partial charge in [0.25, 0.3) is 0 Å². The molecule has 0 bridgehead atoms. The van der Waals surface area contributed by atoms with E-state index >= 15 is 0 Å². The number of rotatable bonds is 0. The molecule has 0 aliphatic carbocycles. The number of hydrogen-bond donors (Lipinski definition) is 1. The van der Waals surface area contributed by atoms with Gasteiger partial charge in [-0.05, 0) is 6.07 Å². The lowest BCUT2D eigenvalue weighted by Crippen LogP contribution is -2.04. The second-order valence-electron chi connectivity index (χ2n) is 1.93. The Morgan fingerprint density at radius 3 is 2.27 bits per heavy atom. The lowest BCUT2D eigenvalue weighted by atomic mass is 10.3. The molecule has 0 N–H and O–H groups in total. The van der Waals surface area contributed by atoms with Gasteiger partial charge in [0.15, 0.2) is 0 Å². The fraction of sp³-hybridized carbons (Fsp3) is 0.167. The summed E-state index contributed by atoms with van der Waals surface area (Å²) >= 11 is 3.72. The van der Waals surface area contributed by atoms with Crippen molar-refractivity contribution >= 4 is 12.6 Å². The van der Waals surface area contributed by atoms with Gasteiger partial charge < -0.3 is 0 Å². The Kier molecular flexibility index (Phi) is 2.08. The Morgan fingerprint density at radius 2 is 1.91 bits per heavy atom. The van der Waals surface area contributed by atoms with Crippen molar-refractivity contribution in [3.8, 4) is 0 Å². The number of hydrogen-bond acceptors (Lipinski definition) is 2. The third kappa shape index (κ3) is 2.11. The van der Waals surface area contributed by atoms with Gasteiger partial charge in [0.2, 0.25) is 0 Å².